The van der Waals surface area contributed by atoms with Crippen LogP contribution in [0.1, 0.15) is 23.5 Å². The molecule has 1 aliphatic rings. The number of rotatable bonds is 4. The van der Waals surface area contributed by atoms with Gasteiger partial charge in [-0.15, -0.1) is 10.2 Å². The minimum absolute atomic E-state index is 0.0939. The summed E-state index contributed by atoms with van der Waals surface area (Å²) in [4.78, 5) is 14.7. The smallest absolute Gasteiger partial charge is 0.313 e. The molecular weight excluding hydrogens is 352 g/mol. The molecule has 132 valence electrons. The molecule has 0 bridgehead atoms. The van der Waals surface area contributed by atoms with Crippen molar-refractivity contribution in [3.05, 3.63) is 59.4 Å². The molecule has 0 saturated carbocycles. The zero-order valence-corrected chi connectivity index (χ0v) is 14.7. The van der Waals surface area contributed by atoms with E-state index in [4.69, 9.17) is 16.0 Å². The molecule has 7 heteroatoms. The second-order valence-corrected chi connectivity index (χ2v) is 6.55. The number of nitrogens with one attached hydrogen (secondary N) is 1. The Balaban J connectivity index is 1.45. The first-order valence-electron chi connectivity index (χ1n) is 8.45. The Morgan fingerprint density at radius 3 is 2.58 bits per heavy atom. The highest BCUT2D eigenvalue weighted by molar-refractivity contribution is 6.30. The Kier molecular flexibility index (Phi) is 4.58. The van der Waals surface area contributed by atoms with Crippen LogP contribution in [0, 0.1) is 0 Å². The maximum Gasteiger partial charge on any atom is 0.313 e. The number of hydrogen-bond acceptors (Lipinski definition) is 5. The van der Waals surface area contributed by atoms with Gasteiger partial charge in [-0.25, -0.2) is 0 Å². The normalized spacial score (nSPS) is 13.8. The van der Waals surface area contributed by atoms with Gasteiger partial charge in [0, 0.05) is 35.1 Å². The van der Waals surface area contributed by atoms with E-state index in [1.807, 2.05) is 24.3 Å². The predicted molar refractivity (Wildman–Crippen MR) is 101 cm³/mol. The Morgan fingerprint density at radius 1 is 1.08 bits per heavy atom. The molecule has 0 unspecified atom stereocenters. The molecule has 0 atom stereocenters. The van der Waals surface area contributed by atoms with Crippen LogP contribution < -0.4 is 10.2 Å². The van der Waals surface area contributed by atoms with Gasteiger partial charge in [0.05, 0.1) is 0 Å². The number of aromatic nitrogens is 2. The van der Waals surface area contributed by atoms with E-state index in [0.717, 1.165) is 13.1 Å². The van der Waals surface area contributed by atoms with E-state index in [9.17, 15) is 4.79 Å². The maximum absolute atomic E-state index is 12.3. The lowest BCUT2D eigenvalue weighted by molar-refractivity contribution is 0.0991. The van der Waals surface area contributed by atoms with E-state index >= 15 is 0 Å². The summed E-state index contributed by atoms with van der Waals surface area (Å²) in [6.07, 6.45) is 2.45. The van der Waals surface area contributed by atoms with E-state index in [1.54, 1.807) is 24.3 Å². The van der Waals surface area contributed by atoms with Gasteiger partial charge in [0.15, 0.2) is 0 Å². The average molecular weight is 369 g/mol. The van der Waals surface area contributed by atoms with Crippen LogP contribution >= 0.6 is 11.6 Å². The molecular formula is C19H17ClN4O2. The predicted octanol–water partition coefficient (Wildman–Crippen LogP) is 4.24. The third kappa shape index (κ3) is 3.55. The second-order valence-electron chi connectivity index (χ2n) is 6.12. The number of anilines is 2. The van der Waals surface area contributed by atoms with Crippen LogP contribution in [-0.4, -0.2) is 29.2 Å². The van der Waals surface area contributed by atoms with Crippen LogP contribution in [0.5, 0.6) is 0 Å². The summed E-state index contributed by atoms with van der Waals surface area (Å²) in [7, 11) is 0. The number of carbonyl (C=O) groups is 1. The number of carbonyl (C=O) groups excluding carboxylic acids is 1. The molecule has 0 spiro atoms. The lowest BCUT2D eigenvalue weighted by atomic mass is 10.2. The summed E-state index contributed by atoms with van der Waals surface area (Å²) in [5.41, 5.74) is 2.51. The molecule has 1 aliphatic heterocycles. The molecule has 0 aliphatic carbocycles. The quantitative estimate of drug-likeness (QED) is 0.745. The number of nitrogens with zero attached hydrogens (tertiary/aromatic N) is 3. The van der Waals surface area contributed by atoms with E-state index in [0.29, 0.717) is 16.3 Å². The Bertz CT molecular complexity index is 917. The lowest BCUT2D eigenvalue weighted by Crippen LogP contribution is -2.17. The lowest BCUT2D eigenvalue weighted by Gasteiger charge is -2.17. The molecule has 6 nitrogen and oxygen atoms in total. The van der Waals surface area contributed by atoms with Crippen LogP contribution in [0.2, 0.25) is 5.02 Å². The number of benzene rings is 2. The number of halogens is 1. The molecule has 0 radical (unpaired) electrons. The summed E-state index contributed by atoms with van der Waals surface area (Å²) in [5, 5.41) is 11.1. The molecule has 1 amide bonds. The molecule has 1 N–H and O–H groups in total. The van der Waals surface area contributed by atoms with Crippen molar-refractivity contribution in [1.29, 1.82) is 0 Å². The average Bonchev–Trinajstić information content (AvgIpc) is 3.35. The molecule has 1 saturated heterocycles. The van der Waals surface area contributed by atoms with Crippen molar-refractivity contribution >= 4 is 28.9 Å². The van der Waals surface area contributed by atoms with Gasteiger partial charge in [0.2, 0.25) is 5.89 Å². The molecule has 26 heavy (non-hydrogen) atoms. The van der Waals surface area contributed by atoms with Crippen LogP contribution in [-0.2, 0) is 0 Å². The maximum atomic E-state index is 12.3. The SMILES string of the molecule is O=C(Nc1ccc(N2CCCC2)cc1)c1nnc(-c2cccc(Cl)c2)o1. The van der Waals surface area contributed by atoms with Gasteiger partial charge in [0.25, 0.3) is 0 Å². The zero-order valence-electron chi connectivity index (χ0n) is 14.0. The Morgan fingerprint density at radius 2 is 1.85 bits per heavy atom. The summed E-state index contributed by atoms with van der Waals surface area (Å²) >= 11 is 5.96. The van der Waals surface area contributed by atoms with Crippen molar-refractivity contribution < 1.29 is 9.21 Å². The third-order valence-corrected chi connectivity index (χ3v) is 4.52. The van der Waals surface area contributed by atoms with Gasteiger partial charge in [-0.2, -0.15) is 0 Å². The first-order chi connectivity index (χ1) is 12.7. The summed E-state index contributed by atoms with van der Waals surface area (Å²) in [6.45, 7) is 2.17. The Labute approximate surface area is 155 Å². The van der Waals surface area contributed by atoms with Crippen LogP contribution in [0.25, 0.3) is 11.5 Å². The van der Waals surface area contributed by atoms with E-state index in [2.05, 4.69) is 20.4 Å². The number of hydrogen-bond donors (Lipinski definition) is 1. The van der Waals surface area contributed by atoms with Gasteiger partial charge >= 0.3 is 11.8 Å². The minimum Gasteiger partial charge on any atom is -0.412 e. The third-order valence-electron chi connectivity index (χ3n) is 4.29. The molecule has 1 aromatic heterocycles. The highest BCUT2D eigenvalue weighted by Crippen LogP contribution is 2.23. The van der Waals surface area contributed by atoms with Crippen molar-refractivity contribution in [3.8, 4) is 11.5 Å². The largest absolute Gasteiger partial charge is 0.412 e. The fraction of sp³-hybridized carbons (Fsp3) is 0.211. The van der Waals surface area contributed by atoms with E-state index in [-0.39, 0.29) is 11.8 Å². The summed E-state index contributed by atoms with van der Waals surface area (Å²) in [5.74, 6) is -0.287. The molecule has 1 fully saturated rings. The van der Waals surface area contributed by atoms with Crippen molar-refractivity contribution in [2.75, 3.05) is 23.3 Å². The van der Waals surface area contributed by atoms with Crippen molar-refractivity contribution in [2.45, 2.75) is 12.8 Å². The fourth-order valence-electron chi connectivity index (χ4n) is 2.97. The van der Waals surface area contributed by atoms with Gasteiger partial charge in [-0.05, 0) is 55.3 Å². The van der Waals surface area contributed by atoms with Crippen molar-refractivity contribution in [2.24, 2.45) is 0 Å². The standard InChI is InChI=1S/C19H17ClN4O2/c20-14-5-3-4-13(12-14)18-22-23-19(26-18)17(25)21-15-6-8-16(9-7-15)24-10-1-2-11-24/h3-9,12H,1-2,10-11H2,(H,21,25). The topological polar surface area (TPSA) is 71.3 Å². The Hall–Kier alpha value is -2.86. The number of amides is 1. The summed E-state index contributed by atoms with van der Waals surface area (Å²) < 4.78 is 5.46. The van der Waals surface area contributed by atoms with Gasteiger partial charge < -0.3 is 14.6 Å². The molecule has 2 heterocycles. The van der Waals surface area contributed by atoms with Crippen LogP contribution in [0.15, 0.2) is 52.9 Å². The van der Waals surface area contributed by atoms with Crippen molar-refractivity contribution in [3.63, 3.8) is 0 Å². The van der Waals surface area contributed by atoms with Crippen molar-refractivity contribution in [1.82, 2.24) is 10.2 Å². The van der Waals surface area contributed by atoms with Crippen LogP contribution in [0.3, 0.4) is 0 Å². The van der Waals surface area contributed by atoms with Crippen LogP contribution in [0.4, 0.5) is 11.4 Å². The van der Waals surface area contributed by atoms with Gasteiger partial charge in [-0.3, -0.25) is 4.79 Å². The first kappa shape index (κ1) is 16.6. The molecule has 3 aromatic rings. The molecule has 2 aromatic carbocycles. The van der Waals surface area contributed by atoms with E-state index < -0.39 is 5.91 Å². The highest BCUT2D eigenvalue weighted by Gasteiger charge is 2.17. The van der Waals surface area contributed by atoms with Gasteiger partial charge in [-0.1, -0.05) is 17.7 Å². The fourth-order valence-corrected chi connectivity index (χ4v) is 3.16. The second kappa shape index (κ2) is 7.17. The monoisotopic (exact) mass is 368 g/mol. The van der Waals surface area contributed by atoms with E-state index in [1.165, 1.54) is 18.5 Å². The minimum atomic E-state index is -0.445. The summed E-state index contributed by atoms with van der Waals surface area (Å²) in [6, 6.07) is 14.8. The van der Waals surface area contributed by atoms with Gasteiger partial charge in [0.1, 0.15) is 0 Å². The highest BCUT2D eigenvalue weighted by atomic mass is 35.5. The zero-order chi connectivity index (χ0) is 17.9. The first-order valence-corrected chi connectivity index (χ1v) is 8.83. The molecule has 4 rings (SSSR count).